The lowest BCUT2D eigenvalue weighted by atomic mass is 10.1. The van der Waals surface area contributed by atoms with Crippen molar-refractivity contribution in [2.75, 3.05) is 26.7 Å². The van der Waals surface area contributed by atoms with Gasteiger partial charge in [0.15, 0.2) is 5.96 Å². The van der Waals surface area contributed by atoms with Crippen LogP contribution in [0.3, 0.4) is 0 Å². The zero-order valence-corrected chi connectivity index (χ0v) is 17.2. The van der Waals surface area contributed by atoms with E-state index in [4.69, 9.17) is 0 Å². The van der Waals surface area contributed by atoms with E-state index in [1.165, 1.54) is 23.1 Å². The number of piperidine rings is 1. The fourth-order valence-corrected chi connectivity index (χ4v) is 2.86. The lowest BCUT2D eigenvalue weighted by Gasteiger charge is -2.27. The molecular weight excluding hydrogens is 415 g/mol. The molecule has 0 aromatic heterocycles. The van der Waals surface area contributed by atoms with Crippen LogP contribution in [0, 0.1) is 13.8 Å². The molecule has 0 atom stereocenters. The molecule has 2 N–H and O–H groups in total. The highest BCUT2D eigenvalue weighted by atomic mass is 127. The molecule has 0 unspecified atom stereocenters. The Morgan fingerprint density at radius 3 is 2.50 bits per heavy atom. The van der Waals surface area contributed by atoms with E-state index in [1.807, 2.05) is 4.90 Å². The number of nitrogens with one attached hydrogen (secondary N) is 2. The summed E-state index contributed by atoms with van der Waals surface area (Å²) in [6.45, 7) is 6.97. The monoisotopic (exact) mass is 444 g/mol. The highest BCUT2D eigenvalue weighted by molar-refractivity contribution is 14.0. The Bertz CT molecular complexity index is 568. The van der Waals surface area contributed by atoms with Crippen LogP contribution in [0.1, 0.15) is 36.0 Å². The van der Waals surface area contributed by atoms with Gasteiger partial charge in [-0.15, -0.1) is 24.0 Å². The molecule has 0 bridgehead atoms. The van der Waals surface area contributed by atoms with Crippen LogP contribution in [0.25, 0.3) is 0 Å². The maximum Gasteiger partial charge on any atom is 0.241 e. The SMILES string of the molecule is CN=C(NCC(=O)N1CCCCC1)NCc1ccc(C)cc1C.I. The van der Waals surface area contributed by atoms with Gasteiger partial charge < -0.3 is 15.5 Å². The number of carbonyl (C=O) groups is 1. The maximum atomic E-state index is 12.2. The van der Waals surface area contributed by atoms with Gasteiger partial charge in [0.25, 0.3) is 0 Å². The first-order valence-corrected chi connectivity index (χ1v) is 8.38. The maximum absolute atomic E-state index is 12.2. The van der Waals surface area contributed by atoms with Gasteiger partial charge in [0.05, 0.1) is 6.54 Å². The topological polar surface area (TPSA) is 56.7 Å². The summed E-state index contributed by atoms with van der Waals surface area (Å²) in [7, 11) is 1.72. The van der Waals surface area contributed by atoms with Gasteiger partial charge in [0, 0.05) is 26.7 Å². The van der Waals surface area contributed by atoms with Crippen LogP contribution in [-0.2, 0) is 11.3 Å². The van der Waals surface area contributed by atoms with Crippen LogP contribution in [0.2, 0.25) is 0 Å². The van der Waals surface area contributed by atoms with E-state index in [9.17, 15) is 4.79 Å². The van der Waals surface area contributed by atoms with Crippen LogP contribution < -0.4 is 10.6 Å². The first kappa shape index (κ1) is 20.7. The Morgan fingerprint density at radius 1 is 1.17 bits per heavy atom. The molecule has 1 aromatic carbocycles. The van der Waals surface area contributed by atoms with Gasteiger partial charge in [-0.3, -0.25) is 9.79 Å². The van der Waals surface area contributed by atoms with Crippen molar-refractivity contribution in [2.45, 2.75) is 39.7 Å². The molecule has 0 spiro atoms. The van der Waals surface area contributed by atoms with E-state index in [1.54, 1.807) is 7.05 Å². The number of nitrogens with zero attached hydrogens (tertiary/aromatic N) is 2. The number of halogens is 1. The normalized spacial score (nSPS) is 14.8. The zero-order valence-electron chi connectivity index (χ0n) is 14.9. The Balaban J connectivity index is 0.00000288. The van der Waals surface area contributed by atoms with Gasteiger partial charge in [-0.1, -0.05) is 23.8 Å². The molecule has 5 nitrogen and oxygen atoms in total. The number of guanidine groups is 1. The van der Waals surface area contributed by atoms with Crippen molar-refractivity contribution in [3.8, 4) is 0 Å². The summed E-state index contributed by atoms with van der Waals surface area (Å²) in [6.07, 6.45) is 3.47. The van der Waals surface area contributed by atoms with E-state index in [0.717, 1.165) is 25.9 Å². The molecule has 1 heterocycles. The van der Waals surface area contributed by atoms with E-state index in [-0.39, 0.29) is 29.9 Å². The van der Waals surface area contributed by atoms with Gasteiger partial charge in [0.2, 0.25) is 5.91 Å². The second kappa shape index (κ2) is 10.5. The van der Waals surface area contributed by atoms with Crippen LogP contribution in [-0.4, -0.2) is 43.4 Å². The Labute approximate surface area is 162 Å². The number of likely N-dealkylation sites (tertiary alicyclic amines) is 1. The van der Waals surface area contributed by atoms with Crippen molar-refractivity contribution in [2.24, 2.45) is 4.99 Å². The van der Waals surface area contributed by atoms with Gasteiger partial charge >= 0.3 is 0 Å². The second-order valence-electron chi connectivity index (χ2n) is 6.15. The van der Waals surface area contributed by atoms with Crippen LogP contribution >= 0.6 is 24.0 Å². The molecular formula is C18H29IN4O. The van der Waals surface area contributed by atoms with Crippen molar-refractivity contribution < 1.29 is 4.79 Å². The number of hydrogen-bond donors (Lipinski definition) is 2. The number of hydrogen-bond acceptors (Lipinski definition) is 2. The highest BCUT2D eigenvalue weighted by Crippen LogP contribution is 2.10. The summed E-state index contributed by atoms with van der Waals surface area (Å²) in [6, 6.07) is 6.41. The largest absolute Gasteiger partial charge is 0.352 e. The van der Waals surface area contributed by atoms with Gasteiger partial charge in [-0.25, -0.2) is 0 Å². The van der Waals surface area contributed by atoms with E-state index < -0.39 is 0 Å². The van der Waals surface area contributed by atoms with Crippen molar-refractivity contribution in [3.05, 3.63) is 34.9 Å². The summed E-state index contributed by atoms with van der Waals surface area (Å²) >= 11 is 0. The fraction of sp³-hybridized carbons (Fsp3) is 0.556. The van der Waals surface area contributed by atoms with Gasteiger partial charge in [0.1, 0.15) is 0 Å². The van der Waals surface area contributed by atoms with Crippen LogP contribution in [0.15, 0.2) is 23.2 Å². The van der Waals surface area contributed by atoms with E-state index >= 15 is 0 Å². The molecule has 134 valence electrons. The lowest BCUT2D eigenvalue weighted by Crippen LogP contribution is -2.45. The predicted octanol–water partition coefficient (Wildman–Crippen LogP) is 2.60. The molecule has 24 heavy (non-hydrogen) atoms. The van der Waals surface area contributed by atoms with Crippen molar-refractivity contribution >= 4 is 35.8 Å². The molecule has 1 saturated heterocycles. The third kappa shape index (κ3) is 6.30. The molecule has 1 aliphatic heterocycles. The first-order chi connectivity index (χ1) is 11.1. The summed E-state index contributed by atoms with van der Waals surface area (Å²) in [5.74, 6) is 0.814. The Morgan fingerprint density at radius 2 is 1.88 bits per heavy atom. The fourth-order valence-electron chi connectivity index (χ4n) is 2.86. The quantitative estimate of drug-likeness (QED) is 0.427. The van der Waals surface area contributed by atoms with E-state index in [2.05, 4.69) is 47.7 Å². The summed E-state index contributed by atoms with van der Waals surface area (Å²) in [5.41, 5.74) is 3.76. The predicted molar refractivity (Wildman–Crippen MR) is 110 cm³/mol. The molecule has 0 radical (unpaired) electrons. The summed E-state index contributed by atoms with van der Waals surface area (Å²) in [5, 5.41) is 6.39. The van der Waals surface area contributed by atoms with Crippen LogP contribution in [0.4, 0.5) is 0 Å². The van der Waals surface area contributed by atoms with Crippen molar-refractivity contribution in [1.82, 2.24) is 15.5 Å². The van der Waals surface area contributed by atoms with Gasteiger partial charge in [-0.2, -0.15) is 0 Å². The highest BCUT2D eigenvalue weighted by Gasteiger charge is 2.16. The number of aliphatic imine (C=N–C) groups is 1. The zero-order chi connectivity index (χ0) is 16.7. The molecule has 1 fully saturated rings. The molecule has 1 aliphatic rings. The number of aryl methyl sites for hydroxylation is 2. The molecule has 2 rings (SSSR count). The number of amides is 1. The van der Waals surface area contributed by atoms with Crippen molar-refractivity contribution in [3.63, 3.8) is 0 Å². The standard InChI is InChI=1S/C18H28N4O.HI/c1-14-7-8-16(15(2)11-14)12-20-18(19-3)21-13-17(23)22-9-5-4-6-10-22;/h7-8,11H,4-6,9-10,12-13H2,1-3H3,(H2,19,20,21);1H. The summed E-state index contributed by atoms with van der Waals surface area (Å²) < 4.78 is 0. The average Bonchev–Trinajstić information content (AvgIpc) is 2.57. The minimum absolute atomic E-state index is 0. The average molecular weight is 444 g/mol. The molecule has 0 aliphatic carbocycles. The Hall–Kier alpha value is -1.31. The third-order valence-electron chi connectivity index (χ3n) is 4.28. The van der Waals surface area contributed by atoms with Gasteiger partial charge in [-0.05, 0) is 44.2 Å². The number of carbonyl (C=O) groups excluding carboxylic acids is 1. The smallest absolute Gasteiger partial charge is 0.241 e. The molecule has 6 heteroatoms. The number of rotatable bonds is 4. The third-order valence-corrected chi connectivity index (χ3v) is 4.28. The molecule has 0 saturated carbocycles. The van der Waals surface area contributed by atoms with E-state index in [0.29, 0.717) is 19.0 Å². The molecule has 1 aromatic rings. The summed E-state index contributed by atoms with van der Waals surface area (Å²) in [4.78, 5) is 18.3. The number of benzene rings is 1. The lowest BCUT2D eigenvalue weighted by molar-refractivity contribution is -0.130. The minimum atomic E-state index is 0. The molecule has 1 amide bonds. The Kier molecular flexibility index (Phi) is 9.10. The first-order valence-electron chi connectivity index (χ1n) is 8.38. The van der Waals surface area contributed by atoms with Crippen molar-refractivity contribution in [1.29, 1.82) is 0 Å². The second-order valence-corrected chi connectivity index (χ2v) is 6.15. The van der Waals surface area contributed by atoms with Crippen LogP contribution in [0.5, 0.6) is 0 Å². The minimum Gasteiger partial charge on any atom is -0.352 e.